The van der Waals surface area contributed by atoms with Gasteiger partial charge in [-0.2, -0.15) is 5.10 Å². The average Bonchev–Trinajstić information content (AvgIpc) is 2.51. The molecule has 0 atom stereocenters. The van der Waals surface area contributed by atoms with Crippen molar-refractivity contribution in [2.75, 3.05) is 5.32 Å². The highest BCUT2D eigenvalue weighted by atomic mass is 127. The number of anilines is 1. The third-order valence-corrected chi connectivity index (χ3v) is 4.16. The smallest absolute Gasteiger partial charge is 0.257 e. The second kappa shape index (κ2) is 5.77. The molecule has 0 spiro atoms. The van der Waals surface area contributed by atoms with E-state index < -0.39 is 0 Å². The van der Waals surface area contributed by atoms with Crippen LogP contribution in [-0.4, -0.2) is 16.1 Å². The van der Waals surface area contributed by atoms with Crippen LogP contribution in [0.3, 0.4) is 0 Å². The van der Waals surface area contributed by atoms with Crippen LogP contribution in [0.4, 0.5) is 5.82 Å². The molecule has 3 rings (SSSR count). The van der Waals surface area contributed by atoms with Gasteiger partial charge in [0.2, 0.25) is 0 Å². The Hall–Kier alpha value is -2.02. The molecule has 104 valence electrons. The number of aryl methyl sites for hydroxylation is 1. The van der Waals surface area contributed by atoms with Crippen molar-refractivity contribution in [3.05, 3.63) is 63.4 Å². The lowest BCUT2D eigenvalue weighted by molar-refractivity contribution is 0.102. The normalized spacial score (nSPS) is 10.6. The van der Waals surface area contributed by atoms with E-state index in [1.54, 1.807) is 6.07 Å². The second-order valence-corrected chi connectivity index (χ2v) is 5.78. The fourth-order valence-corrected chi connectivity index (χ4v) is 2.78. The summed E-state index contributed by atoms with van der Waals surface area (Å²) in [5.41, 5.74) is 1.47. The SMILES string of the molecule is Cc1nnc(NC(=O)c2ccccc2I)c2ccccc12. The van der Waals surface area contributed by atoms with E-state index in [0.29, 0.717) is 11.4 Å². The summed E-state index contributed by atoms with van der Waals surface area (Å²) in [5, 5.41) is 13.0. The van der Waals surface area contributed by atoms with Gasteiger partial charge in [0.05, 0.1) is 11.3 Å². The first-order valence-electron chi connectivity index (χ1n) is 6.45. The quantitative estimate of drug-likeness (QED) is 0.679. The molecule has 0 unspecified atom stereocenters. The summed E-state index contributed by atoms with van der Waals surface area (Å²) in [6.07, 6.45) is 0. The zero-order chi connectivity index (χ0) is 14.8. The highest BCUT2D eigenvalue weighted by molar-refractivity contribution is 14.1. The summed E-state index contributed by atoms with van der Waals surface area (Å²) in [5.74, 6) is 0.309. The van der Waals surface area contributed by atoms with Gasteiger partial charge in [0.1, 0.15) is 0 Å². The molecule has 0 aliphatic rings. The van der Waals surface area contributed by atoms with E-state index in [4.69, 9.17) is 0 Å². The average molecular weight is 389 g/mol. The van der Waals surface area contributed by atoms with Crippen molar-refractivity contribution in [1.82, 2.24) is 10.2 Å². The summed E-state index contributed by atoms with van der Waals surface area (Å²) in [6, 6.07) is 15.2. The number of hydrogen-bond acceptors (Lipinski definition) is 3. The van der Waals surface area contributed by atoms with Crippen molar-refractivity contribution in [1.29, 1.82) is 0 Å². The molecular formula is C16H12IN3O. The van der Waals surface area contributed by atoms with Gasteiger partial charge in [-0.3, -0.25) is 4.79 Å². The zero-order valence-electron chi connectivity index (χ0n) is 11.3. The number of carbonyl (C=O) groups is 1. The van der Waals surface area contributed by atoms with Gasteiger partial charge in [0.15, 0.2) is 5.82 Å². The third kappa shape index (κ3) is 2.73. The summed E-state index contributed by atoms with van der Waals surface area (Å²) in [4.78, 5) is 12.4. The highest BCUT2D eigenvalue weighted by Crippen LogP contribution is 2.23. The van der Waals surface area contributed by atoms with Gasteiger partial charge in [-0.1, -0.05) is 36.4 Å². The van der Waals surface area contributed by atoms with Crippen LogP contribution in [0.2, 0.25) is 0 Å². The minimum Gasteiger partial charge on any atom is -0.305 e. The van der Waals surface area contributed by atoms with Gasteiger partial charge in [-0.05, 0) is 41.6 Å². The van der Waals surface area contributed by atoms with Gasteiger partial charge < -0.3 is 5.32 Å². The molecule has 1 N–H and O–H groups in total. The van der Waals surface area contributed by atoms with E-state index in [1.807, 2.05) is 49.4 Å². The lowest BCUT2D eigenvalue weighted by Crippen LogP contribution is -2.15. The Balaban J connectivity index is 2.01. The Labute approximate surface area is 135 Å². The van der Waals surface area contributed by atoms with E-state index in [9.17, 15) is 4.79 Å². The van der Waals surface area contributed by atoms with Crippen molar-refractivity contribution in [3.63, 3.8) is 0 Å². The van der Waals surface area contributed by atoms with E-state index >= 15 is 0 Å². The summed E-state index contributed by atoms with van der Waals surface area (Å²) in [6.45, 7) is 1.90. The summed E-state index contributed by atoms with van der Waals surface area (Å²) < 4.78 is 0.900. The maximum absolute atomic E-state index is 12.4. The number of benzene rings is 2. The monoisotopic (exact) mass is 389 g/mol. The molecule has 0 saturated carbocycles. The molecule has 1 amide bonds. The van der Waals surface area contributed by atoms with Gasteiger partial charge in [-0.25, -0.2) is 0 Å². The molecule has 4 nitrogen and oxygen atoms in total. The molecule has 1 heterocycles. The van der Waals surface area contributed by atoms with Crippen LogP contribution < -0.4 is 5.32 Å². The van der Waals surface area contributed by atoms with Gasteiger partial charge >= 0.3 is 0 Å². The molecular weight excluding hydrogens is 377 g/mol. The molecule has 3 aromatic rings. The van der Waals surface area contributed by atoms with Crippen molar-refractivity contribution in [2.24, 2.45) is 0 Å². The van der Waals surface area contributed by atoms with E-state index in [1.165, 1.54) is 0 Å². The number of aromatic nitrogens is 2. The van der Waals surface area contributed by atoms with Gasteiger partial charge in [0.25, 0.3) is 5.91 Å². The van der Waals surface area contributed by atoms with Gasteiger partial charge in [0, 0.05) is 14.3 Å². The van der Waals surface area contributed by atoms with Crippen LogP contribution in [0, 0.1) is 10.5 Å². The number of hydrogen-bond donors (Lipinski definition) is 1. The van der Waals surface area contributed by atoms with Crippen LogP contribution in [0.1, 0.15) is 16.1 Å². The third-order valence-electron chi connectivity index (χ3n) is 3.22. The van der Waals surface area contributed by atoms with Gasteiger partial charge in [-0.15, -0.1) is 5.10 Å². The van der Waals surface area contributed by atoms with E-state index in [0.717, 1.165) is 20.0 Å². The Kier molecular flexibility index (Phi) is 3.83. The number of nitrogens with zero attached hydrogens (tertiary/aromatic N) is 2. The van der Waals surface area contributed by atoms with Crippen LogP contribution in [0.25, 0.3) is 10.8 Å². The first-order chi connectivity index (χ1) is 10.2. The first kappa shape index (κ1) is 13.9. The number of nitrogens with one attached hydrogen (secondary N) is 1. The summed E-state index contributed by atoms with van der Waals surface area (Å²) in [7, 11) is 0. The summed E-state index contributed by atoms with van der Waals surface area (Å²) >= 11 is 2.14. The topological polar surface area (TPSA) is 54.9 Å². The molecule has 2 aromatic carbocycles. The maximum Gasteiger partial charge on any atom is 0.257 e. The van der Waals surface area contributed by atoms with Crippen LogP contribution >= 0.6 is 22.6 Å². The number of carbonyl (C=O) groups excluding carboxylic acids is 1. The van der Waals surface area contributed by atoms with E-state index in [-0.39, 0.29) is 5.91 Å². The molecule has 0 aliphatic heterocycles. The number of amides is 1. The molecule has 0 saturated heterocycles. The number of fused-ring (bicyclic) bond motifs is 1. The zero-order valence-corrected chi connectivity index (χ0v) is 13.5. The predicted molar refractivity (Wildman–Crippen MR) is 91.4 cm³/mol. The van der Waals surface area contributed by atoms with E-state index in [2.05, 4.69) is 38.1 Å². The molecule has 0 radical (unpaired) electrons. The second-order valence-electron chi connectivity index (χ2n) is 4.61. The first-order valence-corrected chi connectivity index (χ1v) is 7.52. The van der Waals surface area contributed by atoms with Crippen molar-refractivity contribution < 1.29 is 4.79 Å². The Bertz CT molecular complexity index is 833. The Morgan fingerprint density at radius 1 is 1.00 bits per heavy atom. The lowest BCUT2D eigenvalue weighted by atomic mass is 10.1. The standard InChI is InChI=1S/C16H12IN3O/c1-10-11-6-2-3-7-12(11)15(20-19-10)18-16(21)13-8-4-5-9-14(13)17/h2-9H,1H3,(H,18,20,21). The predicted octanol–water partition coefficient (Wildman–Crippen LogP) is 3.80. The van der Waals surface area contributed by atoms with Crippen LogP contribution in [-0.2, 0) is 0 Å². The largest absolute Gasteiger partial charge is 0.305 e. The molecule has 0 bridgehead atoms. The Morgan fingerprint density at radius 2 is 1.67 bits per heavy atom. The molecule has 5 heteroatoms. The highest BCUT2D eigenvalue weighted by Gasteiger charge is 2.13. The van der Waals surface area contributed by atoms with Crippen molar-refractivity contribution in [3.8, 4) is 0 Å². The fourth-order valence-electron chi connectivity index (χ4n) is 2.15. The lowest BCUT2D eigenvalue weighted by Gasteiger charge is -2.09. The van der Waals surface area contributed by atoms with Crippen LogP contribution in [0.15, 0.2) is 48.5 Å². The molecule has 1 aromatic heterocycles. The maximum atomic E-state index is 12.4. The molecule has 0 aliphatic carbocycles. The molecule has 21 heavy (non-hydrogen) atoms. The minimum absolute atomic E-state index is 0.177. The van der Waals surface area contributed by atoms with Crippen LogP contribution in [0.5, 0.6) is 0 Å². The van der Waals surface area contributed by atoms with Crippen molar-refractivity contribution in [2.45, 2.75) is 6.92 Å². The Morgan fingerprint density at radius 3 is 2.43 bits per heavy atom. The molecule has 0 fully saturated rings. The number of rotatable bonds is 2. The fraction of sp³-hybridized carbons (Fsp3) is 0.0625. The minimum atomic E-state index is -0.177. The van der Waals surface area contributed by atoms with Crippen molar-refractivity contribution >= 4 is 45.1 Å². The number of halogens is 1.